The lowest BCUT2D eigenvalue weighted by molar-refractivity contribution is 0.581. The number of hydrogen-bond donors (Lipinski definition) is 1. The van der Waals surface area contributed by atoms with E-state index in [1.54, 1.807) is 0 Å². The van der Waals surface area contributed by atoms with E-state index in [1.165, 1.54) is 11.3 Å². The van der Waals surface area contributed by atoms with Crippen LogP contribution in [0, 0.1) is 20.8 Å². The standard InChI is InChI=1S/C15H22N4/c1-5-19-13(7-12(4)18-19)8-14(16)15-11(3)6-10(2)9-17-15/h6-7,9,14H,5,8,16H2,1-4H3. The summed E-state index contributed by atoms with van der Waals surface area (Å²) in [5.74, 6) is 0. The summed E-state index contributed by atoms with van der Waals surface area (Å²) in [7, 11) is 0. The molecule has 0 saturated heterocycles. The number of aromatic nitrogens is 3. The van der Waals surface area contributed by atoms with Gasteiger partial charge in [-0.25, -0.2) is 0 Å². The van der Waals surface area contributed by atoms with Crippen molar-refractivity contribution in [2.24, 2.45) is 5.73 Å². The molecule has 4 heteroatoms. The van der Waals surface area contributed by atoms with Gasteiger partial charge in [0.15, 0.2) is 0 Å². The van der Waals surface area contributed by atoms with Crippen molar-refractivity contribution in [3.8, 4) is 0 Å². The van der Waals surface area contributed by atoms with E-state index in [0.29, 0.717) is 0 Å². The van der Waals surface area contributed by atoms with Crippen molar-refractivity contribution in [2.75, 3.05) is 0 Å². The van der Waals surface area contributed by atoms with Gasteiger partial charge in [0.25, 0.3) is 0 Å². The molecule has 2 aromatic rings. The van der Waals surface area contributed by atoms with Crippen LogP contribution in [-0.2, 0) is 13.0 Å². The lowest BCUT2D eigenvalue weighted by atomic mass is 10.0. The van der Waals surface area contributed by atoms with Gasteiger partial charge >= 0.3 is 0 Å². The zero-order valence-electron chi connectivity index (χ0n) is 12.1. The van der Waals surface area contributed by atoms with Crippen molar-refractivity contribution in [2.45, 2.75) is 46.7 Å². The van der Waals surface area contributed by atoms with Crippen LogP contribution in [0.3, 0.4) is 0 Å². The number of nitrogens with zero attached hydrogens (tertiary/aromatic N) is 3. The molecule has 0 aliphatic carbocycles. The predicted octanol–water partition coefficient (Wildman–Crippen LogP) is 2.47. The molecule has 1 atom stereocenters. The van der Waals surface area contributed by atoms with Crippen LogP contribution in [0.25, 0.3) is 0 Å². The Hall–Kier alpha value is -1.68. The number of aryl methyl sites for hydroxylation is 4. The highest BCUT2D eigenvalue weighted by Crippen LogP contribution is 2.19. The van der Waals surface area contributed by atoms with Crippen LogP contribution in [0.2, 0.25) is 0 Å². The van der Waals surface area contributed by atoms with Crippen LogP contribution in [-0.4, -0.2) is 14.8 Å². The van der Waals surface area contributed by atoms with E-state index in [0.717, 1.165) is 29.9 Å². The summed E-state index contributed by atoms with van der Waals surface area (Å²) in [6.45, 7) is 9.09. The lowest BCUT2D eigenvalue weighted by Gasteiger charge is -2.14. The summed E-state index contributed by atoms with van der Waals surface area (Å²) in [4.78, 5) is 4.48. The van der Waals surface area contributed by atoms with Crippen molar-refractivity contribution in [1.29, 1.82) is 0 Å². The average molecular weight is 258 g/mol. The molecular formula is C15H22N4. The molecule has 0 aliphatic rings. The minimum absolute atomic E-state index is 0.0815. The molecule has 4 nitrogen and oxygen atoms in total. The first kappa shape index (κ1) is 13.7. The van der Waals surface area contributed by atoms with Gasteiger partial charge < -0.3 is 5.73 Å². The third-order valence-corrected chi connectivity index (χ3v) is 3.32. The second-order valence-corrected chi connectivity index (χ2v) is 5.12. The van der Waals surface area contributed by atoms with E-state index in [-0.39, 0.29) is 6.04 Å². The molecule has 0 fully saturated rings. The SMILES string of the molecule is CCn1nc(C)cc1CC(N)c1ncc(C)cc1C. The smallest absolute Gasteiger partial charge is 0.0604 e. The van der Waals surface area contributed by atoms with Gasteiger partial charge in [-0.05, 0) is 44.9 Å². The van der Waals surface area contributed by atoms with Gasteiger partial charge in [0.2, 0.25) is 0 Å². The minimum atomic E-state index is -0.0815. The van der Waals surface area contributed by atoms with E-state index in [1.807, 2.05) is 24.7 Å². The Kier molecular flexibility index (Phi) is 4.00. The molecule has 0 amide bonds. The quantitative estimate of drug-likeness (QED) is 0.916. The summed E-state index contributed by atoms with van der Waals surface area (Å²) in [6.07, 6.45) is 2.65. The number of pyridine rings is 1. The Morgan fingerprint density at radius 3 is 2.63 bits per heavy atom. The summed E-state index contributed by atoms with van der Waals surface area (Å²) < 4.78 is 2.01. The molecule has 2 rings (SSSR count). The van der Waals surface area contributed by atoms with Crippen molar-refractivity contribution < 1.29 is 0 Å². The first-order chi connectivity index (χ1) is 9.01. The fourth-order valence-electron chi connectivity index (χ4n) is 2.47. The van der Waals surface area contributed by atoms with E-state index >= 15 is 0 Å². The van der Waals surface area contributed by atoms with Gasteiger partial charge in [-0.3, -0.25) is 9.67 Å². The molecular weight excluding hydrogens is 236 g/mol. The minimum Gasteiger partial charge on any atom is -0.322 e. The van der Waals surface area contributed by atoms with Crippen molar-refractivity contribution in [3.05, 3.63) is 46.5 Å². The third-order valence-electron chi connectivity index (χ3n) is 3.32. The summed E-state index contributed by atoms with van der Waals surface area (Å²) in [5, 5.41) is 4.45. The molecule has 1 unspecified atom stereocenters. The Morgan fingerprint density at radius 2 is 2.00 bits per heavy atom. The summed E-state index contributed by atoms with van der Waals surface area (Å²) in [6, 6.07) is 4.15. The fourth-order valence-corrected chi connectivity index (χ4v) is 2.47. The summed E-state index contributed by atoms with van der Waals surface area (Å²) in [5.41, 5.74) is 11.8. The molecule has 0 bridgehead atoms. The number of nitrogens with two attached hydrogens (primary N) is 1. The molecule has 19 heavy (non-hydrogen) atoms. The predicted molar refractivity (Wildman–Crippen MR) is 77.0 cm³/mol. The van der Waals surface area contributed by atoms with Gasteiger partial charge in [0.1, 0.15) is 0 Å². The highest BCUT2D eigenvalue weighted by molar-refractivity contribution is 5.26. The van der Waals surface area contributed by atoms with Crippen molar-refractivity contribution in [1.82, 2.24) is 14.8 Å². The zero-order chi connectivity index (χ0) is 14.0. The maximum Gasteiger partial charge on any atom is 0.0604 e. The largest absolute Gasteiger partial charge is 0.322 e. The van der Waals surface area contributed by atoms with Crippen LogP contribution < -0.4 is 5.73 Å². The van der Waals surface area contributed by atoms with Crippen LogP contribution in [0.5, 0.6) is 0 Å². The first-order valence-electron chi connectivity index (χ1n) is 6.73. The van der Waals surface area contributed by atoms with Crippen LogP contribution in [0.1, 0.15) is 41.2 Å². The highest BCUT2D eigenvalue weighted by Gasteiger charge is 2.14. The van der Waals surface area contributed by atoms with E-state index in [2.05, 4.69) is 36.1 Å². The van der Waals surface area contributed by atoms with Crippen molar-refractivity contribution in [3.63, 3.8) is 0 Å². The molecule has 0 spiro atoms. The van der Waals surface area contributed by atoms with Gasteiger partial charge in [-0.15, -0.1) is 0 Å². The maximum absolute atomic E-state index is 6.31. The third kappa shape index (κ3) is 3.01. The second kappa shape index (κ2) is 5.53. The van der Waals surface area contributed by atoms with E-state index < -0.39 is 0 Å². The van der Waals surface area contributed by atoms with Crippen LogP contribution in [0.15, 0.2) is 18.3 Å². The molecule has 0 saturated carbocycles. The van der Waals surface area contributed by atoms with Gasteiger partial charge in [0.05, 0.1) is 17.4 Å². The molecule has 0 aliphatic heterocycles. The summed E-state index contributed by atoms with van der Waals surface area (Å²) >= 11 is 0. The Balaban J connectivity index is 2.22. The van der Waals surface area contributed by atoms with Crippen LogP contribution in [0.4, 0.5) is 0 Å². The Labute approximate surface area is 114 Å². The van der Waals surface area contributed by atoms with Gasteiger partial charge in [0, 0.05) is 24.9 Å². The highest BCUT2D eigenvalue weighted by atomic mass is 15.3. The van der Waals surface area contributed by atoms with Gasteiger partial charge in [-0.1, -0.05) is 6.07 Å². The molecule has 2 heterocycles. The zero-order valence-corrected chi connectivity index (χ0v) is 12.1. The van der Waals surface area contributed by atoms with E-state index in [9.17, 15) is 0 Å². The molecule has 0 aromatic carbocycles. The number of rotatable bonds is 4. The lowest BCUT2D eigenvalue weighted by Crippen LogP contribution is -2.18. The second-order valence-electron chi connectivity index (χ2n) is 5.12. The fraction of sp³-hybridized carbons (Fsp3) is 0.467. The molecule has 2 N–H and O–H groups in total. The average Bonchev–Trinajstić information content (AvgIpc) is 2.69. The van der Waals surface area contributed by atoms with Gasteiger partial charge in [-0.2, -0.15) is 5.10 Å². The first-order valence-corrected chi connectivity index (χ1v) is 6.73. The normalized spacial score (nSPS) is 12.7. The molecule has 102 valence electrons. The Morgan fingerprint density at radius 1 is 1.26 bits per heavy atom. The monoisotopic (exact) mass is 258 g/mol. The number of hydrogen-bond acceptors (Lipinski definition) is 3. The van der Waals surface area contributed by atoms with E-state index in [4.69, 9.17) is 5.73 Å². The topological polar surface area (TPSA) is 56.7 Å². The molecule has 0 radical (unpaired) electrons. The van der Waals surface area contributed by atoms with Crippen LogP contribution >= 0.6 is 0 Å². The van der Waals surface area contributed by atoms with Crippen molar-refractivity contribution >= 4 is 0 Å². The maximum atomic E-state index is 6.31. The Bertz CT molecular complexity index is 572. The molecule has 2 aromatic heterocycles.